The molecule has 1 aromatic carbocycles. The molecule has 0 aromatic heterocycles. The summed E-state index contributed by atoms with van der Waals surface area (Å²) in [4.78, 5) is 22.8. The largest absolute Gasteiger partial charge is 0.481 e. The van der Waals surface area contributed by atoms with E-state index in [9.17, 15) is 14.7 Å². The van der Waals surface area contributed by atoms with Crippen molar-refractivity contribution in [1.29, 1.82) is 0 Å². The summed E-state index contributed by atoms with van der Waals surface area (Å²) in [7, 11) is 0. The van der Waals surface area contributed by atoms with Gasteiger partial charge in [-0.2, -0.15) is 0 Å². The van der Waals surface area contributed by atoms with E-state index in [0.29, 0.717) is 15.6 Å². The zero-order chi connectivity index (χ0) is 18.5. The van der Waals surface area contributed by atoms with Crippen molar-refractivity contribution in [3.63, 3.8) is 0 Å². The molecule has 24 heavy (non-hydrogen) atoms. The van der Waals surface area contributed by atoms with E-state index >= 15 is 0 Å². The Morgan fingerprint density at radius 1 is 1.25 bits per heavy atom. The monoisotopic (exact) mass is 377 g/mol. The summed E-state index contributed by atoms with van der Waals surface area (Å²) in [5, 5.41) is 22.2. The number of alkyl carbamates (subject to hydrolysis) is 1. The van der Waals surface area contributed by atoms with Gasteiger partial charge in [-0.1, -0.05) is 29.3 Å². The lowest BCUT2D eigenvalue weighted by Crippen LogP contribution is -2.47. The second-order valence-corrected chi connectivity index (χ2v) is 7.18. The van der Waals surface area contributed by atoms with Crippen LogP contribution in [0.2, 0.25) is 10.0 Å². The minimum absolute atomic E-state index is 0.171. The number of carbonyl (C=O) groups is 2. The number of halogens is 2. The van der Waals surface area contributed by atoms with E-state index in [-0.39, 0.29) is 6.42 Å². The maximum Gasteiger partial charge on any atom is 0.407 e. The number of rotatable bonds is 6. The van der Waals surface area contributed by atoms with Crippen molar-refractivity contribution < 1.29 is 24.5 Å². The number of benzene rings is 1. The van der Waals surface area contributed by atoms with Gasteiger partial charge in [0.1, 0.15) is 5.60 Å². The average Bonchev–Trinajstić information content (AvgIpc) is 2.39. The Labute approximate surface area is 150 Å². The van der Waals surface area contributed by atoms with Gasteiger partial charge in [-0.05, 0) is 44.9 Å². The topological polar surface area (TPSA) is 95.9 Å². The highest BCUT2D eigenvalue weighted by Crippen LogP contribution is 2.23. The molecular weight excluding hydrogens is 357 g/mol. The second-order valence-electron chi connectivity index (χ2n) is 6.37. The fraction of sp³-hybridized carbons (Fsp3) is 0.500. The number of hydrogen-bond acceptors (Lipinski definition) is 4. The number of carbonyl (C=O) groups excluding carboxylic acids is 1. The number of hydrogen-bond donors (Lipinski definition) is 3. The molecule has 0 aliphatic heterocycles. The highest BCUT2D eigenvalue weighted by Gasteiger charge is 2.26. The van der Waals surface area contributed by atoms with Gasteiger partial charge in [-0.15, -0.1) is 0 Å². The van der Waals surface area contributed by atoms with E-state index in [0.717, 1.165) is 0 Å². The van der Waals surface area contributed by atoms with Gasteiger partial charge in [0.25, 0.3) is 0 Å². The summed E-state index contributed by atoms with van der Waals surface area (Å²) in [5.41, 5.74) is -0.0226. The third-order valence-corrected chi connectivity index (χ3v) is 3.73. The summed E-state index contributed by atoms with van der Waals surface area (Å²) in [6.07, 6.45) is -2.37. The van der Waals surface area contributed by atoms with Crippen LogP contribution in [-0.2, 0) is 16.0 Å². The molecule has 0 aliphatic rings. The summed E-state index contributed by atoms with van der Waals surface area (Å²) in [5.74, 6) is -1.17. The van der Waals surface area contributed by atoms with Crippen LogP contribution in [0.5, 0.6) is 0 Å². The summed E-state index contributed by atoms with van der Waals surface area (Å²) in [6, 6.07) is 4.02. The first-order valence-corrected chi connectivity index (χ1v) is 8.07. The molecule has 2 unspecified atom stereocenters. The van der Waals surface area contributed by atoms with Gasteiger partial charge in [0.15, 0.2) is 0 Å². The van der Waals surface area contributed by atoms with Crippen molar-refractivity contribution in [2.45, 2.75) is 51.4 Å². The molecule has 0 heterocycles. The van der Waals surface area contributed by atoms with Gasteiger partial charge < -0.3 is 20.3 Å². The van der Waals surface area contributed by atoms with Gasteiger partial charge in [0.05, 0.1) is 28.6 Å². The lowest BCUT2D eigenvalue weighted by Gasteiger charge is -2.26. The average molecular weight is 378 g/mol. The highest BCUT2D eigenvalue weighted by molar-refractivity contribution is 6.42. The van der Waals surface area contributed by atoms with Crippen LogP contribution in [0, 0.1) is 0 Å². The zero-order valence-corrected chi connectivity index (χ0v) is 15.2. The molecule has 0 spiro atoms. The maximum atomic E-state index is 11.9. The minimum Gasteiger partial charge on any atom is -0.481 e. The lowest BCUT2D eigenvalue weighted by atomic mass is 9.99. The molecule has 8 heteroatoms. The molecular formula is C16H21Cl2NO5. The fourth-order valence-electron chi connectivity index (χ4n) is 1.98. The molecule has 6 nitrogen and oxygen atoms in total. The van der Waals surface area contributed by atoms with Crippen LogP contribution >= 0.6 is 23.2 Å². The van der Waals surface area contributed by atoms with Crippen LogP contribution in [0.3, 0.4) is 0 Å². The van der Waals surface area contributed by atoms with E-state index in [1.165, 1.54) is 0 Å². The number of nitrogens with one attached hydrogen (secondary N) is 1. The summed E-state index contributed by atoms with van der Waals surface area (Å²) in [6.45, 7) is 5.11. The molecule has 0 bridgehead atoms. The maximum absolute atomic E-state index is 11.9. The molecule has 1 aromatic rings. The lowest BCUT2D eigenvalue weighted by molar-refractivity contribution is -0.139. The van der Waals surface area contributed by atoms with Gasteiger partial charge in [0, 0.05) is 0 Å². The van der Waals surface area contributed by atoms with Gasteiger partial charge >= 0.3 is 12.1 Å². The molecule has 134 valence electrons. The third kappa shape index (κ3) is 7.38. The van der Waals surface area contributed by atoms with Crippen molar-refractivity contribution in [3.8, 4) is 0 Å². The Hall–Kier alpha value is -1.50. The van der Waals surface area contributed by atoms with Gasteiger partial charge in [0.2, 0.25) is 0 Å². The Morgan fingerprint density at radius 3 is 2.38 bits per heavy atom. The molecule has 1 rings (SSSR count). The Kier molecular flexibility index (Phi) is 7.32. The van der Waals surface area contributed by atoms with Crippen LogP contribution in [-0.4, -0.2) is 40.0 Å². The predicted molar refractivity (Wildman–Crippen MR) is 91.6 cm³/mol. The molecule has 0 saturated carbocycles. The van der Waals surface area contributed by atoms with E-state index in [4.69, 9.17) is 33.0 Å². The second kappa shape index (κ2) is 8.55. The van der Waals surface area contributed by atoms with Crippen molar-refractivity contribution in [3.05, 3.63) is 33.8 Å². The Bertz CT molecular complexity index is 601. The van der Waals surface area contributed by atoms with Crippen LogP contribution in [0.15, 0.2) is 18.2 Å². The molecule has 0 aliphatic carbocycles. The van der Waals surface area contributed by atoms with Crippen LogP contribution < -0.4 is 5.32 Å². The number of carboxylic acids is 1. The van der Waals surface area contributed by atoms with Crippen molar-refractivity contribution in [1.82, 2.24) is 5.32 Å². The Balaban J connectivity index is 2.89. The quantitative estimate of drug-likeness (QED) is 0.706. The SMILES string of the molecule is CC(C)(C)OC(=O)NC(Cc1ccc(Cl)c(Cl)c1)C(O)CC(=O)O. The normalized spacial score (nSPS) is 13.9. The summed E-state index contributed by atoms with van der Waals surface area (Å²) < 4.78 is 5.15. The number of aliphatic hydroxyl groups is 1. The number of aliphatic hydroxyl groups excluding tert-OH is 1. The molecule has 1 amide bonds. The molecule has 3 N–H and O–H groups in total. The summed E-state index contributed by atoms with van der Waals surface area (Å²) >= 11 is 11.8. The predicted octanol–water partition coefficient (Wildman–Crippen LogP) is 3.26. The van der Waals surface area contributed by atoms with Crippen molar-refractivity contribution in [2.24, 2.45) is 0 Å². The number of ether oxygens (including phenoxy) is 1. The van der Waals surface area contributed by atoms with E-state index in [2.05, 4.69) is 5.32 Å². The van der Waals surface area contributed by atoms with Gasteiger partial charge in [-0.3, -0.25) is 4.79 Å². The van der Waals surface area contributed by atoms with Crippen LogP contribution in [0.25, 0.3) is 0 Å². The van der Waals surface area contributed by atoms with Crippen LogP contribution in [0.4, 0.5) is 4.79 Å². The van der Waals surface area contributed by atoms with Crippen molar-refractivity contribution in [2.75, 3.05) is 0 Å². The van der Waals surface area contributed by atoms with E-state index in [1.54, 1.807) is 39.0 Å². The molecule has 2 atom stereocenters. The molecule has 0 fully saturated rings. The zero-order valence-electron chi connectivity index (χ0n) is 13.7. The van der Waals surface area contributed by atoms with E-state index < -0.39 is 36.2 Å². The smallest absolute Gasteiger partial charge is 0.407 e. The number of amides is 1. The Morgan fingerprint density at radius 2 is 1.88 bits per heavy atom. The fourth-order valence-corrected chi connectivity index (χ4v) is 2.30. The first kappa shape index (κ1) is 20.5. The molecule has 0 radical (unpaired) electrons. The third-order valence-electron chi connectivity index (χ3n) is 2.99. The van der Waals surface area contributed by atoms with Crippen LogP contribution in [0.1, 0.15) is 32.8 Å². The minimum atomic E-state index is -1.29. The number of aliphatic carboxylic acids is 1. The first-order valence-electron chi connectivity index (χ1n) is 7.31. The van der Waals surface area contributed by atoms with Gasteiger partial charge in [-0.25, -0.2) is 4.79 Å². The first-order chi connectivity index (χ1) is 11.0. The van der Waals surface area contributed by atoms with E-state index in [1.807, 2.05) is 0 Å². The molecule has 0 saturated heterocycles. The standard InChI is InChI=1S/C16H21Cl2NO5/c1-16(2,3)24-15(23)19-12(13(20)8-14(21)22)7-9-4-5-10(17)11(18)6-9/h4-6,12-13,20H,7-8H2,1-3H3,(H,19,23)(H,21,22). The number of carboxylic acid groups (broad SMARTS) is 1. The van der Waals surface area contributed by atoms with Crippen molar-refractivity contribution >= 4 is 35.3 Å². The highest BCUT2D eigenvalue weighted by atomic mass is 35.5.